The highest BCUT2D eigenvalue weighted by Gasteiger charge is 2.07. The Kier molecular flexibility index (Phi) is 2.01. The number of aryl methyl sites for hydroxylation is 2. The molecule has 0 aliphatic rings. The molecule has 1 N–H and O–H groups in total. The Morgan fingerprint density at radius 3 is 2.54 bits per heavy atom. The highest BCUT2D eigenvalue weighted by molar-refractivity contribution is 6.38. The van der Waals surface area contributed by atoms with Crippen LogP contribution in [-0.4, -0.2) is 4.98 Å². The molecule has 0 spiro atoms. The monoisotopic (exact) mass is 213 g/mol. The van der Waals surface area contributed by atoms with Gasteiger partial charge in [-0.2, -0.15) is 0 Å². The van der Waals surface area contributed by atoms with E-state index in [0.717, 1.165) is 16.6 Å². The topological polar surface area (TPSA) is 15.8 Å². The molecule has 13 heavy (non-hydrogen) atoms. The van der Waals surface area contributed by atoms with E-state index in [-0.39, 0.29) is 0 Å². The fraction of sp³-hybridized carbons (Fsp3) is 0.200. The van der Waals surface area contributed by atoms with Gasteiger partial charge >= 0.3 is 0 Å². The summed E-state index contributed by atoms with van der Waals surface area (Å²) in [6.07, 6.45) is 0. The molecule has 0 amide bonds. The summed E-state index contributed by atoms with van der Waals surface area (Å²) in [7, 11) is 0. The predicted octanol–water partition coefficient (Wildman–Crippen LogP) is 4.09. The number of benzene rings is 1. The van der Waals surface area contributed by atoms with Crippen molar-refractivity contribution in [3.63, 3.8) is 0 Å². The molecule has 0 aliphatic heterocycles. The summed E-state index contributed by atoms with van der Waals surface area (Å²) in [5.41, 5.74) is 3.32. The van der Waals surface area contributed by atoms with Gasteiger partial charge in [0.15, 0.2) is 0 Å². The van der Waals surface area contributed by atoms with E-state index in [1.165, 1.54) is 5.56 Å². The third kappa shape index (κ3) is 1.32. The average molecular weight is 214 g/mol. The van der Waals surface area contributed by atoms with Gasteiger partial charge in [-0.05, 0) is 31.5 Å². The highest BCUT2D eigenvalue weighted by Crippen LogP contribution is 2.30. The van der Waals surface area contributed by atoms with Crippen LogP contribution in [0.1, 0.15) is 11.3 Å². The Labute approximate surface area is 86.7 Å². The molecule has 1 heterocycles. The number of fused-ring (bicyclic) bond motifs is 1. The maximum Gasteiger partial charge on any atom is 0.0662 e. The zero-order chi connectivity index (χ0) is 9.59. The Balaban J connectivity index is 2.94. The van der Waals surface area contributed by atoms with Crippen molar-refractivity contribution in [1.29, 1.82) is 0 Å². The van der Waals surface area contributed by atoms with Crippen molar-refractivity contribution in [1.82, 2.24) is 4.98 Å². The fourth-order valence-corrected chi connectivity index (χ4v) is 2.02. The first-order valence-electron chi connectivity index (χ1n) is 4.03. The molecule has 0 aliphatic carbocycles. The standard InChI is InChI=1S/C10H9Cl2N/c1-5-6(2)13-10-8(5)3-7(11)4-9(10)12/h3-4,13H,1-2H3. The third-order valence-electron chi connectivity index (χ3n) is 2.33. The van der Waals surface area contributed by atoms with E-state index in [1.807, 2.05) is 13.0 Å². The van der Waals surface area contributed by atoms with Crippen LogP contribution in [0.2, 0.25) is 10.0 Å². The SMILES string of the molecule is Cc1[nH]c2c(Cl)cc(Cl)cc2c1C. The first-order chi connectivity index (χ1) is 6.09. The second-order valence-electron chi connectivity index (χ2n) is 3.19. The van der Waals surface area contributed by atoms with E-state index in [2.05, 4.69) is 11.9 Å². The van der Waals surface area contributed by atoms with E-state index >= 15 is 0 Å². The van der Waals surface area contributed by atoms with Crippen LogP contribution in [-0.2, 0) is 0 Å². The lowest BCUT2D eigenvalue weighted by atomic mass is 10.1. The van der Waals surface area contributed by atoms with Crippen molar-refractivity contribution < 1.29 is 0 Å². The Hall–Kier alpha value is -0.660. The largest absolute Gasteiger partial charge is 0.357 e. The van der Waals surface area contributed by atoms with Gasteiger partial charge in [-0.25, -0.2) is 0 Å². The van der Waals surface area contributed by atoms with Gasteiger partial charge in [-0.15, -0.1) is 0 Å². The fourth-order valence-electron chi connectivity index (χ4n) is 1.48. The van der Waals surface area contributed by atoms with Crippen molar-refractivity contribution in [2.75, 3.05) is 0 Å². The highest BCUT2D eigenvalue weighted by atomic mass is 35.5. The minimum Gasteiger partial charge on any atom is -0.357 e. The van der Waals surface area contributed by atoms with Gasteiger partial charge in [0.2, 0.25) is 0 Å². The number of hydrogen-bond donors (Lipinski definition) is 1. The summed E-state index contributed by atoms with van der Waals surface area (Å²) in [5.74, 6) is 0. The second-order valence-corrected chi connectivity index (χ2v) is 4.03. The zero-order valence-corrected chi connectivity index (χ0v) is 8.92. The van der Waals surface area contributed by atoms with Crippen LogP contribution in [0, 0.1) is 13.8 Å². The Bertz CT molecular complexity index is 471. The summed E-state index contributed by atoms with van der Waals surface area (Å²) in [5, 5.41) is 2.47. The van der Waals surface area contributed by atoms with E-state index in [0.29, 0.717) is 10.0 Å². The van der Waals surface area contributed by atoms with Gasteiger partial charge in [0, 0.05) is 16.1 Å². The van der Waals surface area contributed by atoms with Gasteiger partial charge < -0.3 is 4.98 Å². The average Bonchev–Trinajstić information content (AvgIpc) is 2.32. The quantitative estimate of drug-likeness (QED) is 0.679. The van der Waals surface area contributed by atoms with Gasteiger partial charge in [0.05, 0.1) is 10.5 Å². The molecule has 1 aromatic carbocycles. The maximum absolute atomic E-state index is 6.03. The van der Waals surface area contributed by atoms with E-state index < -0.39 is 0 Å². The van der Waals surface area contributed by atoms with Crippen molar-refractivity contribution in [3.8, 4) is 0 Å². The molecule has 0 fully saturated rings. The molecule has 0 bridgehead atoms. The van der Waals surface area contributed by atoms with Gasteiger partial charge in [-0.3, -0.25) is 0 Å². The molecule has 3 heteroatoms. The number of nitrogens with one attached hydrogen (secondary N) is 1. The zero-order valence-electron chi connectivity index (χ0n) is 7.41. The van der Waals surface area contributed by atoms with Gasteiger partial charge in [-0.1, -0.05) is 23.2 Å². The lowest BCUT2D eigenvalue weighted by Crippen LogP contribution is -1.72. The number of halogens is 2. The number of rotatable bonds is 0. The van der Waals surface area contributed by atoms with E-state index in [4.69, 9.17) is 23.2 Å². The molecule has 1 aromatic heterocycles. The molecule has 0 saturated carbocycles. The van der Waals surface area contributed by atoms with Crippen LogP contribution in [0.3, 0.4) is 0 Å². The molecule has 1 nitrogen and oxygen atoms in total. The number of H-pyrrole nitrogens is 1. The predicted molar refractivity (Wildman–Crippen MR) is 57.8 cm³/mol. The maximum atomic E-state index is 6.03. The van der Waals surface area contributed by atoms with Crippen molar-refractivity contribution >= 4 is 34.1 Å². The lowest BCUT2D eigenvalue weighted by Gasteiger charge is -1.95. The third-order valence-corrected chi connectivity index (χ3v) is 2.85. The summed E-state index contributed by atoms with van der Waals surface area (Å²) in [6, 6.07) is 3.68. The van der Waals surface area contributed by atoms with Gasteiger partial charge in [0.1, 0.15) is 0 Å². The van der Waals surface area contributed by atoms with Crippen LogP contribution in [0.25, 0.3) is 10.9 Å². The molecule has 0 saturated heterocycles. The van der Waals surface area contributed by atoms with Crippen LogP contribution in [0.5, 0.6) is 0 Å². The normalized spacial score (nSPS) is 11.1. The first-order valence-corrected chi connectivity index (χ1v) is 4.79. The van der Waals surface area contributed by atoms with Crippen LogP contribution < -0.4 is 0 Å². The van der Waals surface area contributed by atoms with E-state index in [1.54, 1.807) is 6.07 Å². The Morgan fingerprint density at radius 1 is 1.15 bits per heavy atom. The molecule has 2 aromatic rings. The summed E-state index contributed by atoms with van der Waals surface area (Å²) < 4.78 is 0. The Morgan fingerprint density at radius 2 is 1.85 bits per heavy atom. The molecular formula is C10H9Cl2N. The molecule has 2 rings (SSSR count). The van der Waals surface area contributed by atoms with Gasteiger partial charge in [0.25, 0.3) is 0 Å². The van der Waals surface area contributed by atoms with Crippen molar-refractivity contribution in [2.24, 2.45) is 0 Å². The number of aromatic nitrogens is 1. The summed E-state index contributed by atoms with van der Waals surface area (Å²) in [4.78, 5) is 3.23. The number of aromatic amines is 1. The first kappa shape index (κ1) is 8.92. The van der Waals surface area contributed by atoms with Crippen LogP contribution >= 0.6 is 23.2 Å². The molecule has 0 atom stereocenters. The minimum atomic E-state index is 0.679. The second kappa shape index (κ2) is 2.93. The van der Waals surface area contributed by atoms with Crippen LogP contribution in [0.15, 0.2) is 12.1 Å². The molecule has 0 unspecified atom stereocenters. The number of hydrogen-bond acceptors (Lipinski definition) is 0. The summed E-state index contributed by atoms with van der Waals surface area (Å²) in [6.45, 7) is 4.08. The summed E-state index contributed by atoms with van der Waals surface area (Å²) >= 11 is 11.9. The minimum absolute atomic E-state index is 0.679. The van der Waals surface area contributed by atoms with Crippen molar-refractivity contribution in [3.05, 3.63) is 33.4 Å². The van der Waals surface area contributed by atoms with E-state index in [9.17, 15) is 0 Å². The molecule has 68 valence electrons. The van der Waals surface area contributed by atoms with Crippen molar-refractivity contribution in [2.45, 2.75) is 13.8 Å². The molecular weight excluding hydrogens is 205 g/mol. The lowest BCUT2D eigenvalue weighted by molar-refractivity contribution is 1.25. The van der Waals surface area contributed by atoms with Crippen LogP contribution in [0.4, 0.5) is 0 Å². The molecule has 0 radical (unpaired) electrons. The smallest absolute Gasteiger partial charge is 0.0662 e.